The molecule has 0 spiro atoms. The van der Waals surface area contributed by atoms with Crippen LogP contribution in [0.5, 0.6) is 0 Å². The third-order valence-corrected chi connectivity index (χ3v) is 6.75. The van der Waals surface area contributed by atoms with E-state index in [-0.39, 0.29) is 6.61 Å². The normalized spacial score (nSPS) is 33.4. The van der Waals surface area contributed by atoms with E-state index >= 15 is 0 Å². The molecule has 6 rings (SSSR count). The zero-order valence-corrected chi connectivity index (χ0v) is 18.8. The van der Waals surface area contributed by atoms with Gasteiger partial charge in [-0.3, -0.25) is 0 Å². The van der Waals surface area contributed by atoms with Gasteiger partial charge in [-0.15, -0.1) is 0 Å². The molecular weight excluding hydrogens is 460 g/mol. The zero-order chi connectivity index (χ0) is 22.2. The van der Waals surface area contributed by atoms with Crippen LogP contribution in [-0.4, -0.2) is 45.2 Å². The van der Waals surface area contributed by atoms with Crippen LogP contribution in [0.15, 0.2) is 36.8 Å². The number of nitrogens with zero attached hydrogens (tertiary/aromatic N) is 3. The average Bonchev–Trinajstić information content (AvgIpc) is 3.40. The van der Waals surface area contributed by atoms with E-state index in [0.29, 0.717) is 32.3 Å². The number of hydrogen-bond donors (Lipinski definition) is 0. The fourth-order valence-electron chi connectivity index (χ4n) is 4.94. The second-order valence-electron chi connectivity index (χ2n) is 8.68. The molecule has 3 aliphatic rings. The Balaban J connectivity index is 1.42. The second kappa shape index (κ2) is 7.35. The zero-order valence-electron chi connectivity index (χ0n) is 17.2. The van der Waals surface area contributed by atoms with Gasteiger partial charge in [0.2, 0.25) is 0 Å². The van der Waals surface area contributed by atoms with Gasteiger partial charge >= 0.3 is 0 Å². The lowest BCUT2D eigenvalue weighted by molar-refractivity contribution is -0.214. The number of benzene rings is 1. The fraction of sp³-hybridized carbons (Fsp3) is 0.455. The largest absolute Gasteiger partial charge is 0.367 e. The van der Waals surface area contributed by atoms with Crippen LogP contribution >= 0.6 is 23.2 Å². The van der Waals surface area contributed by atoms with Gasteiger partial charge in [-0.2, -0.15) is 0 Å². The highest BCUT2D eigenvalue weighted by Crippen LogP contribution is 2.50. The van der Waals surface area contributed by atoms with E-state index in [1.807, 2.05) is 30.7 Å². The highest BCUT2D eigenvalue weighted by Gasteiger charge is 2.59. The molecule has 1 unspecified atom stereocenters. The topological polar surface area (TPSA) is 67.6 Å². The highest BCUT2D eigenvalue weighted by molar-refractivity contribution is 6.33. The molecule has 2 aromatic heterocycles. The van der Waals surface area contributed by atoms with E-state index in [9.17, 15) is 4.39 Å². The van der Waals surface area contributed by atoms with Gasteiger partial charge in [0, 0.05) is 11.2 Å². The van der Waals surface area contributed by atoms with Gasteiger partial charge in [-0.1, -0.05) is 29.3 Å². The molecular formula is C22H20Cl2FN3O4. The molecule has 168 valence electrons. The molecule has 32 heavy (non-hydrogen) atoms. The third-order valence-electron chi connectivity index (χ3n) is 6.21. The summed E-state index contributed by atoms with van der Waals surface area (Å²) in [7, 11) is 0. The number of hydrogen-bond acceptors (Lipinski definition) is 6. The summed E-state index contributed by atoms with van der Waals surface area (Å²) in [6.07, 6.45) is -0.478. The molecule has 0 aliphatic carbocycles. The molecule has 0 radical (unpaired) electrons. The Bertz CT molecular complexity index is 1210. The predicted octanol–water partition coefficient (Wildman–Crippen LogP) is 4.94. The van der Waals surface area contributed by atoms with Crippen LogP contribution in [0.1, 0.15) is 43.5 Å². The molecule has 3 aliphatic heterocycles. The molecule has 10 heteroatoms. The van der Waals surface area contributed by atoms with Crippen molar-refractivity contribution >= 4 is 34.2 Å². The van der Waals surface area contributed by atoms with Crippen LogP contribution in [-0.2, 0) is 18.9 Å². The van der Waals surface area contributed by atoms with Crippen molar-refractivity contribution in [1.29, 1.82) is 0 Å². The Morgan fingerprint density at radius 2 is 1.88 bits per heavy atom. The molecule has 3 aromatic rings. The molecule has 0 bridgehead atoms. The molecule has 5 heterocycles. The maximum absolute atomic E-state index is 14.6. The number of ether oxygens (including phenoxy) is 4. The standard InChI is InChI=1S/C22H20Cl2FN3O4/c1-22(2)31-17-16(15-11-4-3-10(23)7-13(11)14(25)8-29-15)30-21(18(17)32-22)28-6-5-12-19(24)26-9-27-20(12)28/h3-7,9,14-18,21H,8H2,1-2H3/t14-,15-,16?,17-,18-,21-/m1/s1. The van der Waals surface area contributed by atoms with Crippen molar-refractivity contribution in [3.63, 3.8) is 0 Å². The van der Waals surface area contributed by atoms with E-state index in [2.05, 4.69) is 9.97 Å². The monoisotopic (exact) mass is 479 g/mol. The lowest BCUT2D eigenvalue weighted by atomic mass is 9.91. The van der Waals surface area contributed by atoms with Gasteiger partial charge in [-0.25, -0.2) is 14.4 Å². The van der Waals surface area contributed by atoms with Crippen LogP contribution in [0, 0.1) is 0 Å². The van der Waals surface area contributed by atoms with Crippen molar-refractivity contribution in [3.8, 4) is 0 Å². The van der Waals surface area contributed by atoms with Crippen LogP contribution in [0.3, 0.4) is 0 Å². The van der Waals surface area contributed by atoms with Gasteiger partial charge < -0.3 is 23.5 Å². The predicted molar refractivity (Wildman–Crippen MR) is 114 cm³/mol. The first-order valence-corrected chi connectivity index (χ1v) is 11.1. The summed E-state index contributed by atoms with van der Waals surface area (Å²) in [5, 5.41) is 1.55. The Morgan fingerprint density at radius 3 is 2.72 bits per heavy atom. The minimum absolute atomic E-state index is 0.0839. The quantitative estimate of drug-likeness (QED) is 0.485. The first-order chi connectivity index (χ1) is 15.3. The fourth-order valence-corrected chi connectivity index (χ4v) is 5.31. The van der Waals surface area contributed by atoms with Gasteiger partial charge in [0.1, 0.15) is 47.7 Å². The Labute approximate surface area is 193 Å². The summed E-state index contributed by atoms with van der Waals surface area (Å²) in [5.41, 5.74) is 1.85. The van der Waals surface area contributed by atoms with Gasteiger partial charge in [0.05, 0.1) is 12.0 Å². The van der Waals surface area contributed by atoms with E-state index < -0.39 is 42.6 Å². The lowest BCUT2D eigenvalue weighted by Gasteiger charge is -2.34. The van der Waals surface area contributed by atoms with Crippen molar-refractivity contribution in [2.75, 3.05) is 6.61 Å². The van der Waals surface area contributed by atoms with E-state index in [0.717, 1.165) is 0 Å². The number of rotatable bonds is 2. The summed E-state index contributed by atoms with van der Waals surface area (Å²) in [6.45, 7) is 3.64. The molecule has 1 aromatic carbocycles. The number of fused-ring (bicyclic) bond motifs is 3. The Hall–Kier alpha value is -1.81. The minimum Gasteiger partial charge on any atom is -0.367 e. The van der Waals surface area contributed by atoms with Crippen molar-refractivity contribution in [3.05, 3.63) is 58.1 Å². The van der Waals surface area contributed by atoms with Crippen molar-refractivity contribution < 1.29 is 23.3 Å². The Morgan fingerprint density at radius 1 is 1.06 bits per heavy atom. The van der Waals surface area contributed by atoms with Crippen LogP contribution in [0.4, 0.5) is 4.39 Å². The molecule has 0 saturated carbocycles. The average molecular weight is 480 g/mol. The van der Waals surface area contributed by atoms with E-state index in [1.165, 1.54) is 6.33 Å². The summed E-state index contributed by atoms with van der Waals surface area (Å²) >= 11 is 12.4. The van der Waals surface area contributed by atoms with Gasteiger partial charge in [0.15, 0.2) is 12.0 Å². The smallest absolute Gasteiger partial charge is 0.164 e. The van der Waals surface area contributed by atoms with Crippen LogP contribution in [0.2, 0.25) is 10.2 Å². The number of alkyl halides is 1. The maximum Gasteiger partial charge on any atom is 0.164 e. The Kier molecular flexibility index (Phi) is 4.77. The maximum atomic E-state index is 14.6. The number of halogens is 3. The van der Waals surface area contributed by atoms with E-state index in [1.54, 1.807) is 18.2 Å². The molecule has 2 fully saturated rings. The minimum atomic E-state index is -1.25. The summed E-state index contributed by atoms with van der Waals surface area (Å²) in [4.78, 5) is 8.43. The first kappa shape index (κ1) is 20.8. The van der Waals surface area contributed by atoms with E-state index in [4.69, 9.17) is 42.1 Å². The molecule has 0 N–H and O–H groups in total. The third kappa shape index (κ3) is 3.16. The molecule has 7 nitrogen and oxygen atoms in total. The highest BCUT2D eigenvalue weighted by atomic mass is 35.5. The second-order valence-corrected chi connectivity index (χ2v) is 9.47. The van der Waals surface area contributed by atoms with Crippen molar-refractivity contribution in [2.45, 2.75) is 56.5 Å². The summed E-state index contributed by atoms with van der Waals surface area (Å²) in [6, 6.07) is 7.01. The van der Waals surface area contributed by atoms with Gasteiger partial charge in [-0.05, 0) is 43.2 Å². The van der Waals surface area contributed by atoms with Crippen molar-refractivity contribution in [2.24, 2.45) is 0 Å². The first-order valence-electron chi connectivity index (χ1n) is 10.4. The van der Waals surface area contributed by atoms with Crippen molar-refractivity contribution in [1.82, 2.24) is 14.5 Å². The van der Waals surface area contributed by atoms with Crippen LogP contribution in [0.25, 0.3) is 11.0 Å². The van der Waals surface area contributed by atoms with Crippen LogP contribution < -0.4 is 0 Å². The molecule has 2 saturated heterocycles. The molecule has 0 amide bonds. The summed E-state index contributed by atoms with van der Waals surface area (Å²) < 4.78 is 41.4. The summed E-state index contributed by atoms with van der Waals surface area (Å²) in [5.74, 6) is -0.814. The lowest BCUT2D eigenvalue weighted by Crippen LogP contribution is -2.37. The van der Waals surface area contributed by atoms with Gasteiger partial charge in [0.25, 0.3) is 0 Å². The number of aromatic nitrogens is 3. The SMILES string of the molecule is CC1(C)O[C@@H]2[C@H](O1)C([C@@H]1OC[C@@H](F)c3cc(Cl)ccc31)O[C@H]2n1ccc2c(Cl)ncnc21. The molecule has 6 atom stereocenters.